The average molecular weight is 365 g/mol. The zero-order chi connectivity index (χ0) is 18.6. The number of oxazole rings is 1. The fourth-order valence-corrected chi connectivity index (χ4v) is 3.15. The molecule has 1 fully saturated rings. The number of rotatable bonds is 5. The van der Waals surface area contributed by atoms with Crippen molar-refractivity contribution in [2.45, 2.75) is 19.4 Å². The summed E-state index contributed by atoms with van der Waals surface area (Å²) in [6.45, 7) is 2.11. The van der Waals surface area contributed by atoms with Gasteiger partial charge in [0.05, 0.1) is 12.7 Å². The lowest BCUT2D eigenvalue weighted by molar-refractivity contribution is 0.0793. The number of carbonyl (C=O) groups excluding carboxylic acids is 1. The van der Waals surface area contributed by atoms with E-state index in [9.17, 15) is 9.18 Å². The number of benzene rings is 2. The molecule has 0 bridgehead atoms. The zero-order valence-electron chi connectivity index (χ0n) is 14.8. The highest BCUT2D eigenvalue weighted by molar-refractivity contribution is 5.94. The second-order valence-electron chi connectivity index (χ2n) is 6.56. The number of carbonyl (C=O) groups is 1. The number of hydrogen-bond acceptors (Lipinski definition) is 4. The Labute approximate surface area is 156 Å². The molecule has 2 heterocycles. The third kappa shape index (κ3) is 4.00. The van der Waals surface area contributed by atoms with Crippen molar-refractivity contribution in [1.82, 2.24) is 9.88 Å². The maximum absolute atomic E-state index is 13.0. The molecule has 6 heteroatoms. The van der Waals surface area contributed by atoms with Crippen molar-refractivity contribution in [2.75, 3.05) is 18.4 Å². The number of amides is 1. The molecule has 1 amide bonds. The van der Waals surface area contributed by atoms with Gasteiger partial charge >= 0.3 is 0 Å². The first-order chi connectivity index (χ1) is 13.2. The van der Waals surface area contributed by atoms with Gasteiger partial charge in [-0.05, 0) is 61.4 Å². The van der Waals surface area contributed by atoms with Gasteiger partial charge in [-0.3, -0.25) is 4.79 Å². The summed E-state index contributed by atoms with van der Waals surface area (Å²) in [4.78, 5) is 18.5. The monoisotopic (exact) mass is 365 g/mol. The number of likely N-dealkylation sites (tertiary alicyclic amines) is 1. The predicted octanol–water partition coefficient (Wildman–Crippen LogP) is 4.33. The van der Waals surface area contributed by atoms with Gasteiger partial charge in [0.1, 0.15) is 5.82 Å². The summed E-state index contributed by atoms with van der Waals surface area (Å²) in [6, 6.07) is 13.5. The van der Waals surface area contributed by atoms with Crippen LogP contribution in [0, 0.1) is 5.82 Å². The number of nitrogens with one attached hydrogen (secondary N) is 1. The van der Waals surface area contributed by atoms with Crippen molar-refractivity contribution in [3.8, 4) is 11.3 Å². The van der Waals surface area contributed by atoms with Crippen molar-refractivity contribution in [1.29, 1.82) is 0 Å². The molecule has 27 heavy (non-hydrogen) atoms. The quantitative estimate of drug-likeness (QED) is 0.731. The van der Waals surface area contributed by atoms with Gasteiger partial charge in [0.2, 0.25) is 5.89 Å². The summed E-state index contributed by atoms with van der Waals surface area (Å²) in [5.74, 6) is 0.937. The fraction of sp³-hybridized carbons (Fsp3) is 0.238. The number of halogens is 1. The van der Waals surface area contributed by atoms with Crippen LogP contribution in [0.25, 0.3) is 11.3 Å². The van der Waals surface area contributed by atoms with Crippen LogP contribution in [-0.2, 0) is 6.54 Å². The Morgan fingerprint density at radius 2 is 1.78 bits per heavy atom. The summed E-state index contributed by atoms with van der Waals surface area (Å²) < 4.78 is 18.7. The van der Waals surface area contributed by atoms with E-state index in [1.165, 1.54) is 12.1 Å². The summed E-state index contributed by atoms with van der Waals surface area (Å²) >= 11 is 0. The lowest BCUT2D eigenvalue weighted by atomic mass is 10.2. The summed E-state index contributed by atoms with van der Waals surface area (Å²) in [6.07, 6.45) is 3.80. The third-order valence-electron chi connectivity index (χ3n) is 4.65. The molecule has 0 radical (unpaired) electrons. The van der Waals surface area contributed by atoms with Crippen LogP contribution in [0.15, 0.2) is 59.1 Å². The molecule has 0 saturated carbocycles. The van der Waals surface area contributed by atoms with Crippen LogP contribution in [0.5, 0.6) is 0 Å². The highest BCUT2D eigenvalue weighted by Gasteiger charge is 2.19. The van der Waals surface area contributed by atoms with E-state index in [0.717, 1.165) is 37.2 Å². The van der Waals surface area contributed by atoms with E-state index in [1.807, 2.05) is 29.2 Å². The molecule has 1 aliphatic rings. The largest absolute Gasteiger partial charge is 0.439 e. The molecule has 1 N–H and O–H groups in total. The van der Waals surface area contributed by atoms with Crippen molar-refractivity contribution in [3.05, 3.63) is 72.0 Å². The molecule has 0 spiro atoms. The molecule has 1 aliphatic heterocycles. The van der Waals surface area contributed by atoms with E-state index in [-0.39, 0.29) is 11.7 Å². The van der Waals surface area contributed by atoms with Gasteiger partial charge in [-0.2, -0.15) is 0 Å². The highest BCUT2D eigenvalue weighted by Crippen LogP contribution is 2.21. The minimum Gasteiger partial charge on any atom is -0.439 e. The molecule has 0 atom stereocenters. The first kappa shape index (κ1) is 17.3. The second-order valence-corrected chi connectivity index (χ2v) is 6.56. The van der Waals surface area contributed by atoms with Crippen LogP contribution in [0.2, 0.25) is 0 Å². The normalized spacial score (nSPS) is 13.7. The predicted molar refractivity (Wildman–Crippen MR) is 101 cm³/mol. The maximum atomic E-state index is 13.0. The Morgan fingerprint density at radius 3 is 2.48 bits per heavy atom. The first-order valence-corrected chi connectivity index (χ1v) is 9.03. The molecule has 0 unspecified atom stereocenters. The molecule has 1 saturated heterocycles. The number of nitrogens with zero attached hydrogens (tertiary/aromatic N) is 2. The van der Waals surface area contributed by atoms with Gasteiger partial charge in [-0.25, -0.2) is 9.37 Å². The van der Waals surface area contributed by atoms with E-state index in [1.54, 1.807) is 18.3 Å². The van der Waals surface area contributed by atoms with E-state index in [2.05, 4.69) is 10.3 Å². The van der Waals surface area contributed by atoms with Crippen molar-refractivity contribution in [3.63, 3.8) is 0 Å². The van der Waals surface area contributed by atoms with Gasteiger partial charge in [0, 0.05) is 29.9 Å². The average Bonchev–Trinajstić information content (AvgIpc) is 3.39. The van der Waals surface area contributed by atoms with Crippen LogP contribution < -0.4 is 5.32 Å². The second kappa shape index (κ2) is 7.61. The molecule has 2 aromatic carbocycles. The topological polar surface area (TPSA) is 58.4 Å². The van der Waals surface area contributed by atoms with E-state index in [0.29, 0.717) is 23.8 Å². The smallest absolute Gasteiger partial charge is 0.253 e. The Hall–Kier alpha value is -3.15. The third-order valence-corrected chi connectivity index (χ3v) is 4.65. The van der Waals surface area contributed by atoms with Gasteiger partial charge in [-0.15, -0.1) is 0 Å². The standard InChI is InChI=1S/C21H20FN3O2/c22-17-7-3-15(4-8-17)19-13-24-20(27-19)14-23-18-9-5-16(6-10-18)21(26)25-11-1-2-12-25/h3-10,13,23H,1-2,11-12,14H2. The van der Waals surface area contributed by atoms with E-state index < -0.39 is 0 Å². The van der Waals surface area contributed by atoms with Gasteiger partial charge in [0.15, 0.2) is 5.76 Å². The molecule has 3 aromatic rings. The summed E-state index contributed by atoms with van der Waals surface area (Å²) in [7, 11) is 0. The molecular weight excluding hydrogens is 345 g/mol. The van der Waals surface area contributed by atoms with Gasteiger partial charge in [0.25, 0.3) is 5.91 Å². The van der Waals surface area contributed by atoms with Crippen molar-refractivity contribution in [2.24, 2.45) is 0 Å². The molecule has 5 nitrogen and oxygen atoms in total. The molecule has 4 rings (SSSR count). The number of aromatic nitrogens is 1. The molecule has 138 valence electrons. The van der Waals surface area contributed by atoms with Crippen LogP contribution in [0.3, 0.4) is 0 Å². The maximum Gasteiger partial charge on any atom is 0.253 e. The molecule has 1 aromatic heterocycles. The minimum absolute atomic E-state index is 0.0932. The van der Waals surface area contributed by atoms with Gasteiger partial charge < -0.3 is 14.6 Å². The van der Waals surface area contributed by atoms with Crippen molar-refractivity contribution >= 4 is 11.6 Å². The Balaban J connectivity index is 1.36. The lowest BCUT2D eigenvalue weighted by Crippen LogP contribution is -2.27. The SMILES string of the molecule is O=C(c1ccc(NCc2ncc(-c3ccc(F)cc3)o2)cc1)N1CCCC1. The van der Waals surface area contributed by atoms with Crippen molar-refractivity contribution < 1.29 is 13.6 Å². The summed E-state index contributed by atoms with van der Waals surface area (Å²) in [5.41, 5.74) is 2.37. The number of hydrogen-bond donors (Lipinski definition) is 1. The van der Waals surface area contributed by atoms with E-state index >= 15 is 0 Å². The van der Waals surface area contributed by atoms with Crippen LogP contribution >= 0.6 is 0 Å². The fourth-order valence-electron chi connectivity index (χ4n) is 3.15. The van der Waals surface area contributed by atoms with Crippen LogP contribution in [0.1, 0.15) is 29.1 Å². The Kier molecular flexibility index (Phi) is 4.87. The Morgan fingerprint density at radius 1 is 1.07 bits per heavy atom. The zero-order valence-corrected chi connectivity index (χ0v) is 14.8. The first-order valence-electron chi connectivity index (χ1n) is 9.03. The van der Waals surface area contributed by atoms with Crippen LogP contribution in [-0.4, -0.2) is 28.9 Å². The Bertz CT molecular complexity index is 913. The number of anilines is 1. The summed E-state index contributed by atoms with van der Waals surface area (Å²) in [5, 5.41) is 3.23. The minimum atomic E-state index is -0.285. The van der Waals surface area contributed by atoms with Crippen LogP contribution in [0.4, 0.5) is 10.1 Å². The molecule has 0 aliphatic carbocycles. The van der Waals surface area contributed by atoms with E-state index in [4.69, 9.17) is 4.42 Å². The van der Waals surface area contributed by atoms with Gasteiger partial charge in [-0.1, -0.05) is 0 Å². The molecular formula is C21H20FN3O2. The highest BCUT2D eigenvalue weighted by atomic mass is 19.1. The lowest BCUT2D eigenvalue weighted by Gasteiger charge is -2.15.